The summed E-state index contributed by atoms with van der Waals surface area (Å²) in [6.07, 6.45) is 6.18. The molecule has 2 unspecified atom stereocenters. The van der Waals surface area contributed by atoms with E-state index in [-0.39, 0.29) is 30.9 Å². The Hall–Kier alpha value is -2.19. The monoisotopic (exact) mass is 518 g/mol. The summed E-state index contributed by atoms with van der Waals surface area (Å²) in [7, 11) is 0. The lowest BCUT2D eigenvalue weighted by Gasteiger charge is -2.44. The van der Waals surface area contributed by atoms with Crippen LogP contribution in [-0.2, 0) is 23.9 Å². The number of hydrogen-bond acceptors (Lipinski definition) is 6. The summed E-state index contributed by atoms with van der Waals surface area (Å²) in [6, 6.07) is -1.52. The van der Waals surface area contributed by atoms with E-state index in [1.807, 2.05) is 41.5 Å². The molecule has 1 spiro atoms. The quantitative estimate of drug-likeness (QED) is 0.241. The number of esters is 1. The van der Waals surface area contributed by atoms with Gasteiger partial charge in [-0.3, -0.25) is 14.4 Å². The number of ether oxygens (including phenoxy) is 2. The molecule has 0 radical (unpaired) electrons. The molecule has 0 saturated carbocycles. The Kier molecular flexibility index (Phi) is 8.64. The molecule has 8 nitrogen and oxygen atoms in total. The molecule has 3 saturated heterocycles. The number of fused-ring (bicyclic) bond motifs is 1. The Labute approximate surface area is 222 Å². The van der Waals surface area contributed by atoms with Gasteiger partial charge >= 0.3 is 5.97 Å². The summed E-state index contributed by atoms with van der Waals surface area (Å²) in [5.41, 5.74) is -2.55. The molecule has 3 aliphatic heterocycles. The maximum Gasteiger partial charge on any atom is 0.312 e. The molecular weight excluding hydrogens is 472 g/mol. The highest BCUT2D eigenvalue weighted by molar-refractivity contribution is 5.99. The van der Waals surface area contributed by atoms with Crippen LogP contribution in [0.5, 0.6) is 0 Å². The fraction of sp³-hybridized carbons (Fsp3) is 0.759. The molecule has 0 aromatic rings. The fourth-order valence-electron chi connectivity index (χ4n) is 6.77. The summed E-state index contributed by atoms with van der Waals surface area (Å²) >= 11 is 0. The smallest absolute Gasteiger partial charge is 0.312 e. The van der Waals surface area contributed by atoms with Gasteiger partial charge in [0.1, 0.15) is 17.6 Å². The van der Waals surface area contributed by atoms with Gasteiger partial charge in [-0.25, -0.2) is 0 Å². The van der Waals surface area contributed by atoms with E-state index in [2.05, 4.69) is 13.2 Å². The first-order chi connectivity index (χ1) is 17.4. The molecular formula is C29H46N2O6. The van der Waals surface area contributed by atoms with Gasteiger partial charge in [0.15, 0.2) is 0 Å². The minimum absolute atomic E-state index is 0.0581. The topological polar surface area (TPSA) is 96.4 Å². The molecule has 2 bridgehead atoms. The Balaban J connectivity index is 2.18. The van der Waals surface area contributed by atoms with E-state index >= 15 is 0 Å². The van der Waals surface area contributed by atoms with Crippen molar-refractivity contribution < 1.29 is 29.0 Å². The predicted molar refractivity (Wildman–Crippen MR) is 141 cm³/mol. The second kappa shape index (κ2) is 10.9. The number of carbonyl (C=O) groups excluding carboxylic acids is 3. The Morgan fingerprint density at radius 3 is 2.46 bits per heavy atom. The van der Waals surface area contributed by atoms with Gasteiger partial charge in [-0.1, -0.05) is 39.3 Å². The van der Waals surface area contributed by atoms with Crippen molar-refractivity contribution in [3.63, 3.8) is 0 Å². The molecule has 37 heavy (non-hydrogen) atoms. The third-order valence-corrected chi connectivity index (χ3v) is 8.91. The van der Waals surface area contributed by atoms with E-state index in [1.54, 1.807) is 22.0 Å². The van der Waals surface area contributed by atoms with Crippen LogP contribution < -0.4 is 0 Å². The molecule has 208 valence electrons. The van der Waals surface area contributed by atoms with Crippen LogP contribution >= 0.6 is 0 Å². The summed E-state index contributed by atoms with van der Waals surface area (Å²) in [5.74, 6) is -2.70. The number of likely N-dealkylation sites (tertiary alicyclic amines) is 1. The molecule has 3 rings (SSSR count). The number of carbonyl (C=O) groups is 3. The van der Waals surface area contributed by atoms with Gasteiger partial charge in [0, 0.05) is 12.1 Å². The summed E-state index contributed by atoms with van der Waals surface area (Å²) in [4.78, 5) is 45.6. The Morgan fingerprint density at radius 1 is 1.27 bits per heavy atom. The van der Waals surface area contributed by atoms with Crippen molar-refractivity contribution in [1.82, 2.24) is 9.80 Å². The first kappa shape index (κ1) is 29.4. The highest BCUT2D eigenvalue weighted by Crippen LogP contribution is 2.65. The lowest BCUT2D eigenvalue weighted by Crippen LogP contribution is -2.62. The van der Waals surface area contributed by atoms with Gasteiger partial charge in [0.25, 0.3) is 0 Å². The second-order valence-corrected chi connectivity index (χ2v) is 11.9. The third-order valence-electron chi connectivity index (χ3n) is 8.91. The zero-order valence-corrected chi connectivity index (χ0v) is 23.5. The molecule has 1 N–H and O–H groups in total. The predicted octanol–water partition coefficient (Wildman–Crippen LogP) is 3.48. The van der Waals surface area contributed by atoms with Crippen molar-refractivity contribution in [3.05, 3.63) is 25.3 Å². The van der Waals surface area contributed by atoms with Crippen LogP contribution in [0.4, 0.5) is 0 Å². The SMILES string of the molecule is C=CCCOC(=O)[C@H]1[C@H]2C(=O)N([C@@H](CO)[C@@H](C)CC)C(C(=O)N(CC=C)C(C)(C)C)C23CC[C@]1(CC)O3. The number of nitrogens with zero attached hydrogens (tertiary/aromatic N) is 2. The van der Waals surface area contributed by atoms with Crippen LogP contribution in [0.25, 0.3) is 0 Å². The highest BCUT2D eigenvalue weighted by atomic mass is 16.6. The van der Waals surface area contributed by atoms with Crippen LogP contribution in [0.1, 0.15) is 73.6 Å². The summed E-state index contributed by atoms with van der Waals surface area (Å²) in [5, 5.41) is 10.5. The summed E-state index contributed by atoms with van der Waals surface area (Å²) in [6.45, 7) is 19.5. The van der Waals surface area contributed by atoms with Crippen LogP contribution in [0.2, 0.25) is 0 Å². The molecule has 2 amide bonds. The van der Waals surface area contributed by atoms with Crippen molar-refractivity contribution in [2.24, 2.45) is 17.8 Å². The number of amides is 2. The molecule has 3 fully saturated rings. The van der Waals surface area contributed by atoms with Crippen LogP contribution in [0, 0.1) is 17.8 Å². The molecule has 0 aromatic heterocycles. The number of aliphatic hydroxyl groups excluding tert-OH is 1. The summed E-state index contributed by atoms with van der Waals surface area (Å²) < 4.78 is 12.4. The van der Waals surface area contributed by atoms with Crippen LogP contribution in [0.3, 0.4) is 0 Å². The normalized spacial score (nSPS) is 32.1. The van der Waals surface area contributed by atoms with Crippen molar-refractivity contribution in [3.8, 4) is 0 Å². The van der Waals surface area contributed by atoms with Gasteiger partial charge < -0.3 is 24.4 Å². The average Bonchev–Trinajstić information content (AvgIpc) is 3.46. The lowest BCUT2D eigenvalue weighted by molar-refractivity contribution is -0.165. The van der Waals surface area contributed by atoms with E-state index in [4.69, 9.17) is 9.47 Å². The Bertz CT molecular complexity index is 913. The molecule has 3 aliphatic rings. The van der Waals surface area contributed by atoms with Gasteiger partial charge in [0.2, 0.25) is 11.8 Å². The molecule has 8 heteroatoms. The number of rotatable bonds is 12. The van der Waals surface area contributed by atoms with Crippen LogP contribution in [0.15, 0.2) is 25.3 Å². The maximum atomic E-state index is 14.5. The highest BCUT2D eigenvalue weighted by Gasteiger charge is 2.79. The average molecular weight is 519 g/mol. The molecule has 0 aliphatic carbocycles. The minimum Gasteiger partial charge on any atom is -0.465 e. The second-order valence-electron chi connectivity index (χ2n) is 11.9. The van der Waals surface area contributed by atoms with Crippen molar-refractivity contribution >= 4 is 17.8 Å². The maximum absolute atomic E-state index is 14.5. The lowest BCUT2D eigenvalue weighted by atomic mass is 9.65. The van der Waals surface area contributed by atoms with E-state index in [0.717, 1.165) is 6.42 Å². The van der Waals surface area contributed by atoms with Crippen molar-refractivity contribution in [2.75, 3.05) is 19.8 Å². The minimum atomic E-state index is -1.15. The molecule has 3 heterocycles. The van der Waals surface area contributed by atoms with Gasteiger partial charge in [-0.05, 0) is 52.4 Å². The van der Waals surface area contributed by atoms with Gasteiger partial charge in [-0.15, -0.1) is 13.2 Å². The van der Waals surface area contributed by atoms with E-state index in [0.29, 0.717) is 32.2 Å². The standard InChI is InChI=1S/C29H46N2O6/c1-9-13-17-36-26(35)22-21-24(33)31(20(18-32)19(5)11-3)23(25(34)30(16-10-2)27(6,7)8)29(21)15-14-28(22,12-4)37-29/h9-10,19-23,32H,1-2,11-18H2,3-8H3/t19-,20-,21-,22+,23?,28-,29?/m0/s1. The molecule has 7 atom stereocenters. The van der Waals surface area contributed by atoms with E-state index < -0.39 is 46.6 Å². The Morgan fingerprint density at radius 2 is 1.95 bits per heavy atom. The first-order valence-electron chi connectivity index (χ1n) is 13.7. The van der Waals surface area contributed by atoms with E-state index in [9.17, 15) is 19.5 Å². The largest absolute Gasteiger partial charge is 0.465 e. The zero-order chi connectivity index (χ0) is 27.8. The fourth-order valence-corrected chi connectivity index (χ4v) is 6.77. The molecule has 0 aromatic carbocycles. The van der Waals surface area contributed by atoms with E-state index in [1.165, 1.54) is 0 Å². The van der Waals surface area contributed by atoms with Crippen molar-refractivity contribution in [1.29, 1.82) is 0 Å². The number of aliphatic hydroxyl groups is 1. The zero-order valence-electron chi connectivity index (χ0n) is 23.5. The van der Waals surface area contributed by atoms with Gasteiger partial charge in [-0.2, -0.15) is 0 Å². The first-order valence-corrected chi connectivity index (χ1v) is 13.7. The third kappa shape index (κ3) is 4.65. The van der Waals surface area contributed by atoms with Crippen molar-refractivity contribution in [2.45, 2.75) is 102 Å². The van der Waals surface area contributed by atoms with Gasteiger partial charge in [0.05, 0.1) is 30.8 Å². The van der Waals surface area contributed by atoms with Crippen LogP contribution in [-0.4, -0.2) is 81.3 Å². The number of hydrogen-bond donors (Lipinski definition) is 1.